The van der Waals surface area contributed by atoms with Gasteiger partial charge in [0, 0.05) is 23.5 Å². The molecule has 40 heavy (non-hydrogen) atoms. The number of carbonyl (C=O) groups is 3. The zero-order valence-electron chi connectivity index (χ0n) is 22.6. The minimum atomic E-state index is -1.49. The van der Waals surface area contributed by atoms with Crippen molar-refractivity contribution in [2.45, 2.75) is 57.1 Å². The molecule has 4 aliphatic rings. The molecule has 7 rings (SSSR count). The van der Waals surface area contributed by atoms with E-state index in [1.54, 1.807) is 31.2 Å². The normalized spacial score (nSPS) is 26.7. The summed E-state index contributed by atoms with van der Waals surface area (Å²) < 4.78 is 6.06. The fourth-order valence-electron chi connectivity index (χ4n) is 7.41. The summed E-state index contributed by atoms with van der Waals surface area (Å²) in [6.45, 7) is 1.62. The summed E-state index contributed by atoms with van der Waals surface area (Å²) in [4.78, 5) is 42.5. The maximum atomic E-state index is 13.8. The number of hydrogen-bond donors (Lipinski definition) is 4. The van der Waals surface area contributed by atoms with Gasteiger partial charge in [-0.25, -0.2) is 9.59 Å². The molecule has 2 amide bonds. The highest BCUT2D eigenvalue weighted by Gasteiger charge is 2.50. The Morgan fingerprint density at radius 1 is 0.975 bits per heavy atom. The monoisotopic (exact) mass is 541 g/mol. The number of benzene rings is 2. The zero-order chi connectivity index (χ0) is 27.9. The lowest BCUT2D eigenvalue weighted by Gasteiger charge is -2.53. The van der Waals surface area contributed by atoms with E-state index in [1.165, 1.54) is 12.5 Å². The van der Waals surface area contributed by atoms with Crippen LogP contribution in [0.5, 0.6) is 0 Å². The first-order valence-electron chi connectivity index (χ1n) is 14.1. The Balaban J connectivity index is 1.25. The number of amides is 2. The van der Waals surface area contributed by atoms with Gasteiger partial charge in [-0.15, -0.1) is 0 Å². The van der Waals surface area contributed by atoms with Crippen molar-refractivity contribution in [1.82, 2.24) is 15.6 Å². The van der Waals surface area contributed by atoms with Crippen molar-refractivity contribution >= 4 is 34.9 Å². The van der Waals surface area contributed by atoms with Crippen molar-refractivity contribution in [3.8, 4) is 0 Å². The summed E-state index contributed by atoms with van der Waals surface area (Å²) in [5.41, 5.74) is 0.600. The summed E-state index contributed by atoms with van der Waals surface area (Å²) in [5.74, 6) is 0.335. The SMILES string of the molecule is C[C@](Cc1c[nH]c2ccccc12)(NC(=O)OC1C2CC3CC(C2)CC1C3)C(=O)N/C(=C\c1ccccc1)C(=O)O. The van der Waals surface area contributed by atoms with Gasteiger partial charge in [0.1, 0.15) is 17.3 Å². The number of carbonyl (C=O) groups excluding carboxylic acids is 2. The maximum absolute atomic E-state index is 13.8. The molecule has 1 aromatic heterocycles. The van der Waals surface area contributed by atoms with Gasteiger partial charge in [0.25, 0.3) is 5.91 Å². The van der Waals surface area contributed by atoms with E-state index in [1.807, 2.05) is 36.5 Å². The first kappa shape index (κ1) is 26.2. The summed E-state index contributed by atoms with van der Waals surface area (Å²) in [5, 5.41) is 16.2. The van der Waals surface area contributed by atoms with Crippen LogP contribution in [0.15, 0.2) is 66.5 Å². The molecule has 8 nitrogen and oxygen atoms in total. The van der Waals surface area contributed by atoms with Crippen LogP contribution in [0.1, 0.15) is 50.2 Å². The number of H-pyrrole nitrogens is 1. The van der Waals surface area contributed by atoms with Crippen LogP contribution in [0.3, 0.4) is 0 Å². The van der Waals surface area contributed by atoms with Crippen LogP contribution in [0.2, 0.25) is 0 Å². The maximum Gasteiger partial charge on any atom is 0.408 e. The largest absolute Gasteiger partial charge is 0.477 e. The minimum Gasteiger partial charge on any atom is -0.477 e. The van der Waals surface area contributed by atoms with Gasteiger partial charge in [0.05, 0.1) is 0 Å². The molecule has 0 radical (unpaired) electrons. The molecule has 2 aromatic carbocycles. The van der Waals surface area contributed by atoms with Crippen molar-refractivity contribution in [2.24, 2.45) is 23.7 Å². The van der Waals surface area contributed by atoms with E-state index >= 15 is 0 Å². The minimum absolute atomic E-state index is 0.137. The van der Waals surface area contributed by atoms with Crippen LogP contribution in [0, 0.1) is 23.7 Å². The molecule has 8 heteroatoms. The molecule has 4 fully saturated rings. The summed E-state index contributed by atoms with van der Waals surface area (Å²) in [6.07, 6.45) is 8.29. The molecule has 1 atom stereocenters. The van der Waals surface area contributed by atoms with Gasteiger partial charge in [0.2, 0.25) is 0 Å². The zero-order valence-corrected chi connectivity index (χ0v) is 22.6. The van der Waals surface area contributed by atoms with E-state index in [0.29, 0.717) is 17.4 Å². The lowest BCUT2D eigenvalue weighted by Crippen LogP contribution is -2.59. The number of rotatable bonds is 8. The number of alkyl carbamates (subject to hydrolysis) is 1. The molecule has 4 saturated carbocycles. The Morgan fingerprint density at radius 2 is 1.62 bits per heavy atom. The summed E-state index contributed by atoms with van der Waals surface area (Å²) in [7, 11) is 0. The third-order valence-electron chi connectivity index (χ3n) is 9.07. The average Bonchev–Trinajstić information content (AvgIpc) is 3.32. The summed E-state index contributed by atoms with van der Waals surface area (Å²) in [6, 6.07) is 16.6. The first-order valence-corrected chi connectivity index (χ1v) is 14.1. The number of ether oxygens (including phenoxy) is 1. The third-order valence-corrected chi connectivity index (χ3v) is 9.07. The second kappa shape index (κ2) is 10.5. The number of para-hydroxylation sites is 1. The van der Waals surface area contributed by atoms with E-state index < -0.39 is 23.5 Å². The van der Waals surface area contributed by atoms with Gasteiger partial charge in [-0.3, -0.25) is 4.79 Å². The molecule has 4 bridgehead atoms. The average molecular weight is 542 g/mol. The Bertz CT molecular complexity index is 1430. The molecule has 1 heterocycles. The lowest BCUT2D eigenvalue weighted by molar-refractivity contribution is -0.135. The van der Waals surface area contributed by atoms with Crippen LogP contribution in [0.4, 0.5) is 4.79 Å². The molecule has 0 spiro atoms. The van der Waals surface area contributed by atoms with Gasteiger partial charge < -0.3 is 25.5 Å². The van der Waals surface area contributed by atoms with Gasteiger partial charge in [0.15, 0.2) is 0 Å². The highest BCUT2D eigenvalue weighted by atomic mass is 16.6. The van der Waals surface area contributed by atoms with Crippen LogP contribution < -0.4 is 10.6 Å². The molecule has 4 N–H and O–H groups in total. The van der Waals surface area contributed by atoms with Gasteiger partial charge in [-0.05, 0) is 86.0 Å². The van der Waals surface area contributed by atoms with Crippen LogP contribution in [-0.4, -0.2) is 39.7 Å². The fraction of sp³-hybridized carbons (Fsp3) is 0.406. The van der Waals surface area contributed by atoms with Crippen LogP contribution in [0.25, 0.3) is 17.0 Å². The predicted octanol–water partition coefficient (Wildman–Crippen LogP) is 5.26. The Labute approximate surface area is 233 Å². The van der Waals surface area contributed by atoms with Gasteiger partial charge in [-0.2, -0.15) is 0 Å². The molecule has 208 valence electrons. The molecule has 3 aromatic rings. The van der Waals surface area contributed by atoms with Gasteiger partial charge in [-0.1, -0.05) is 48.5 Å². The van der Waals surface area contributed by atoms with Crippen LogP contribution >= 0.6 is 0 Å². The molecule has 0 unspecified atom stereocenters. The second-order valence-corrected chi connectivity index (χ2v) is 12.0. The predicted molar refractivity (Wildman–Crippen MR) is 151 cm³/mol. The number of carboxylic acids is 1. The van der Waals surface area contributed by atoms with Crippen LogP contribution in [-0.2, 0) is 20.7 Å². The molecule has 0 aliphatic heterocycles. The standard InChI is InChI=1S/C32H35N3O5/c1-32(17-24-18-33-26-10-6-5-9-25(24)26,30(38)34-27(29(36)37)16-19-7-3-2-4-8-19)35-31(39)40-28-22-12-20-11-21(14-22)15-23(28)13-20/h2-10,16,18,20-23,28,33H,11-15,17H2,1H3,(H,34,38)(H,35,39)(H,36,37)/b27-16-/t20?,21?,22?,23?,28?,32-/m1/s1. The smallest absolute Gasteiger partial charge is 0.408 e. The fourth-order valence-corrected chi connectivity index (χ4v) is 7.41. The highest BCUT2D eigenvalue weighted by molar-refractivity contribution is 6.00. The van der Waals surface area contributed by atoms with E-state index in [0.717, 1.165) is 54.0 Å². The topological polar surface area (TPSA) is 121 Å². The van der Waals surface area contributed by atoms with Gasteiger partial charge >= 0.3 is 12.1 Å². The molecule has 4 aliphatic carbocycles. The number of aromatic nitrogens is 1. The van der Waals surface area contributed by atoms with Crippen molar-refractivity contribution in [3.05, 3.63) is 77.6 Å². The van der Waals surface area contributed by atoms with E-state index in [4.69, 9.17) is 4.74 Å². The molecular formula is C32H35N3O5. The summed E-state index contributed by atoms with van der Waals surface area (Å²) >= 11 is 0. The second-order valence-electron chi connectivity index (χ2n) is 12.0. The lowest BCUT2D eigenvalue weighted by atomic mass is 9.55. The number of carboxylic acid groups (broad SMARTS) is 1. The van der Waals surface area contributed by atoms with E-state index in [-0.39, 0.29) is 18.2 Å². The number of hydrogen-bond acceptors (Lipinski definition) is 4. The van der Waals surface area contributed by atoms with Crippen molar-refractivity contribution in [1.29, 1.82) is 0 Å². The Hall–Kier alpha value is -4.07. The van der Waals surface area contributed by atoms with E-state index in [9.17, 15) is 19.5 Å². The molecular weight excluding hydrogens is 506 g/mol. The third kappa shape index (κ3) is 5.22. The quantitative estimate of drug-likeness (QED) is 0.290. The van der Waals surface area contributed by atoms with E-state index in [2.05, 4.69) is 15.6 Å². The highest BCUT2D eigenvalue weighted by Crippen LogP contribution is 2.54. The van der Waals surface area contributed by atoms with Crippen molar-refractivity contribution in [2.75, 3.05) is 0 Å². The molecule has 0 saturated heterocycles. The number of nitrogens with one attached hydrogen (secondary N) is 3. The Morgan fingerprint density at radius 3 is 2.30 bits per heavy atom. The van der Waals surface area contributed by atoms with Crippen molar-refractivity contribution in [3.63, 3.8) is 0 Å². The Kier molecular flexibility index (Phi) is 6.86. The number of fused-ring (bicyclic) bond motifs is 1. The van der Waals surface area contributed by atoms with Crippen molar-refractivity contribution < 1.29 is 24.2 Å². The number of aromatic amines is 1. The number of aliphatic carboxylic acids is 1. The first-order chi connectivity index (χ1) is 19.3.